The van der Waals surface area contributed by atoms with Gasteiger partial charge in [0.05, 0.1) is 0 Å². The molecule has 0 atom stereocenters. The number of hydrogen-bond donors (Lipinski definition) is 0. The fourth-order valence-electron chi connectivity index (χ4n) is 4.09. The minimum atomic E-state index is -0.0188. The highest BCUT2D eigenvalue weighted by Gasteiger charge is 2.16. The molecule has 166 valence electrons. The molecule has 0 heterocycles. The monoisotopic (exact) mass is 410 g/mol. The van der Waals surface area contributed by atoms with Crippen LogP contribution in [0.1, 0.15) is 77.5 Å². The number of rotatable bonds is 14. The summed E-state index contributed by atoms with van der Waals surface area (Å²) in [5.41, 5.74) is 5.06. The summed E-state index contributed by atoms with van der Waals surface area (Å²) in [6.07, 6.45) is 4.66. The third kappa shape index (κ3) is 6.77. The fourth-order valence-corrected chi connectivity index (χ4v) is 4.09. The third-order valence-electron chi connectivity index (χ3n) is 5.43. The van der Waals surface area contributed by atoms with Gasteiger partial charge in [-0.25, -0.2) is 0 Å². The molecule has 2 rings (SSSR count). The predicted molar refractivity (Wildman–Crippen MR) is 132 cm³/mol. The van der Waals surface area contributed by atoms with Crippen molar-refractivity contribution < 1.29 is 4.74 Å². The molecule has 0 aliphatic carbocycles. The van der Waals surface area contributed by atoms with Crippen molar-refractivity contribution in [3.63, 3.8) is 0 Å². The maximum Gasteiger partial charge on any atom is 0.108 e. The summed E-state index contributed by atoms with van der Waals surface area (Å²) >= 11 is 0. The molecule has 30 heavy (non-hydrogen) atoms. The zero-order chi connectivity index (χ0) is 21.8. The van der Waals surface area contributed by atoms with Gasteiger partial charge >= 0.3 is 0 Å². The highest BCUT2D eigenvalue weighted by molar-refractivity contribution is 5.51. The predicted octanol–water partition coefficient (Wildman–Crippen LogP) is 7.07. The second-order valence-corrected chi connectivity index (χ2v) is 7.99. The summed E-state index contributed by atoms with van der Waals surface area (Å²) in [7, 11) is 0. The minimum Gasteiger partial charge on any atom is -0.372 e. The number of anilines is 2. The minimum absolute atomic E-state index is 0.0188. The molecule has 0 spiro atoms. The van der Waals surface area contributed by atoms with Crippen molar-refractivity contribution >= 4 is 11.4 Å². The van der Waals surface area contributed by atoms with Crippen LogP contribution in [0.2, 0.25) is 0 Å². The first-order valence-corrected chi connectivity index (χ1v) is 12.0. The van der Waals surface area contributed by atoms with Crippen LogP contribution in [0.25, 0.3) is 0 Å². The molecule has 0 aromatic heterocycles. The van der Waals surface area contributed by atoms with Crippen molar-refractivity contribution in [2.75, 3.05) is 42.6 Å². The first kappa shape index (κ1) is 24.3. The highest BCUT2D eigenvalue weighted by atomic mass is 16.5. The van der Waals surface area contributed by atoms with Crippen LogP contribution in [-0.2, 0) is 4.74 Å². The lowest BCUT2D eigenvalue weighted by Gasteiger charge is -2.26. The molecule has 0 aliphatic heterocycles. The van der Waals surface area contributed by atoms with Gasteiger partial charge in [0.25, 0.3) is 0 Å². The van der Waals surface area contributed by atoms with Crippen molar-refractivity contribution in [3.8, 4) is 0 Å². The van der Waals surface area contributed by atoms with E-state index >= 15 is 0 Å². The molecule has 0 bridgehead atoms. The van der Waals surface area contributed by atoms with Crippen LogP contribution in [0.15, 0.2) is 48.5 Å². The summed E-state index contributed by atoms with van der Waals surface area (Å²) < 4.78 is 6.18. The summed E-state index contributed by atoms with van der Waals surface area (Å²) in [5, 5.41) is 0. The van der Waals surface area contributed by atoms with E-state index in [1.807, 2.05) is 0 Å². The molecule has 0 saturated heterocycles. The zero-order valence-electron chi connectivity index (χ0n) is 19.9. The van der Waals surface area contributed by atoms with E-state index < -0.39 is 0 Å². The van der Waals surface area contributed by atoms with Crippen molar-refractivity contribution in [1.29, 1.82) is 0 Å². The molecule has 0 radical (unpaired) electrons. The molecule has 0 saturated carbocycles. The average molecular weight is 411 g/mol. The Balaban J connectivity index is 2.22. The molecule has 2 aromatic carbocycles. The first-order valence-electron chi connectivity index (χ1n) is 12.0. The smallest absolute Gasteiger partial charge is 0.108 e. The van der Waals surface area contributed by atoms with E-state index in [1.54, 1.807) is 0 Å². The first-order chi connectivity index (χ1) is 14.7. The number of hydrogen-bond acceptors (Lipinski definition) is 3. The van der Waals surface area contributed by atoms with Crippen molar-refractivity contribution in [1.82, 2.24) is 0 Å². The van der Waals surface area contributed by atoms with Crippen LogP contribution >= 0.6 is 0 Å². The Bertz CT molecular complexity index is 624. The van der Waals surface area contributed by atoms with Crippen LogP contribution in [0.5, 0.6) is 0 Å². The number of benzene rings is 2. The average Bonchev–Trinajstić information content (AvgIpc) is 2.78. The molecule has 0 N–H and O–H groups in total. The fraction of sp³-hybridized carbons (Fsp3) is 0.556. The van der Waals surface area contributed by atoms with Crippen molar-refractivity contribution in [2.24, 2.45) is 0 Å². The lowest BCUT2D eigenvalue weighted by molar-refractivity contribution is 0.0914. The largest absolute Gasteiger partial charge is 0.372 e. The topological polar surface area (TPSA) is 15.7 Å². The molecule has 3 nitrogen and oxygen atoms in total. The lowest BCUT2D eigenvalue weighted by atomic mass is 10.00. The molecule has 0 unspecified atom stereocenters. The Kier molecular flexibility index (Phi) is 10.8. The Morgan fingerprint density at radius 3 is 1.17 bits per heavy atom. The van der Waals surface area contributed by atoms with Gasteiger partial charge in [0.1, 0.15) is 6.10 Å². The van der Waals surface area contributed by atoms with Gasteiger partial charge in [-0.2, -0.15) is 0 Å². The maximum absolute atomic E-state index is 6.18. The second-order valence-electron chi connectivity index (χ2n) is 7.99. The van der Waals surface area contributed by atoms with Crippen LogP contribution < -0.4 is 9.80 Å². The molecular weight excluding hydrogens is 368 g/mol. The van der Waals surface area contributed by atoms with Gasteiger partial charge in [0.15, 0.2) is 0 Å². The van der Waals surface area contributed by atoms with E-state index in [4.69, 9.17) is 4.74 Å². The summed E-state index contributed by atoms with van der Waals surface area (Å²) in [4.78, 5) is 4.95. The van der Waals surface area contributed by atoms with E-state index in [2.05, 4.69) is 92.9 Å². The Morgan fingerprint density at radius 1 is 0.567 bits per heavy atom. The standard InChI is InChI=1S/C27H42N2O/c1-6-19-28(20-7-2)25-15-11-23(12-16-25)27(30-10-5)24-13-17-26(18-14-24)29(21-8-3)22-9-4/h11-18,27H,6-10,19-22H2,1-5H3. The van der Waals surface area contributed by atoms with Crippen LogP contribution in [0, 0.1) is 0 Å². The number of nitrogens with zero attached hydrogens (tertiary/aromatic N) is 2. The Morgan fingerprint density at radius 2 is 0.900 bits per heavy atom. The molecule has 3 heteroatoms. The quantitative estimate of drug-likeness (QED) is 0.331. The molecule has 0 aliphatic rings. The summed E-state index contributed by atoms with van der Waals surface area (Å²) in [6.45, 7) is 16.2. The lowest BCUT2D eigenvalue weighted by Crippen LogP contribution is -2.25. The Labute approximate surface area is 185 Å². The summed E-state index contributed by atoms with van der Waals surface area (Å²) in [5.74, 6) is 0. The van der Waals surface area contributed by atoms with Crippen LogP contribution in [-0.4, -0.2) is 32.8 Å². The van der Waals surface area contributed by atoms with E-state index in [0.717, 1.165) is 26.2 Å². The van der Waals surface area contributed by atoms with Crippen molar-refractivity contribution in [3.05, 3.63) is 59.7 Å². The molecule has 2 aromatic rings. The van der Waals surface area contributed by atoms with Gasteiger partial charge in [-0.1, -0.05) is 52.0 Å². The van der Waals surface area contributed by atoms with Crippen LogP contribution in [0.4, 0.5) is 11.4 Å². The second kappa shape index (κ2) is 13.3. The highest BCUT2D eigenvalue weighted by Crippen LogP contribution is 2.29. The SMILES string of the molecule is CCCN(CCC)c1ccc(C(OCC)c2ccc(N(CCC)CCC)cc2)cc1. The van der Waals surface area contributed by atoms with Gasteiger partial charge < -0.3 is 14.5 Å². The van der Waals surface area contributed by atoms with Crippen LogP contribution in [0.3, 0.4) is 0 Å². The molecular formula is C27H42N2O. The Hall–Kier alpha value is -2.00. The third-order valence-corrected chi connectivity index (χ3v) is 5.43. The van der Waals surface area contributed by atoms with E-state index in [9.17, 15) is 0 Å². The number of ether oxygens (including phenoxy) is 1. The summed E-state index contributed by atoms with van der Waals surface area (Å²) in [6, 6.07) is 18.0. The van der Waals surface area contributed by atoms with Gasteiger partial charge in [0.2, 0.25) is 0 Å². The molecule has 0 fully saturated rings. The maximum atomic E-state index is 6.18. The van der Waals surface area contributed by atoms with E-state index in [1.165, 1.54) is 48.2 Å². The van der Waals surface area contributed by atoms with Crippen molar-refractivity contribution in [2.45, 2.75) is 66.4 Å². The van der Waals surface area contributed by atoms with Gasteiger partial charge in [-0.05, 0) is 68.0 Å². The van der Waals surface area contributed by atoms with Gasteiger partial charge in [0, 0.05) is 44.2 Å². The van der Waals surface area contributed by atoms with E-state index in [0.29, 0.717) is 6.61 Å². The zero-order valence-corrected chi connectivity index (χ0v) is 19.9. The van der Waals surface area contributed by atoms with Gasteiger partial charge in [-0.3, -0.25) is 0 Å². The van der Waals surface area contributed by atoms with E-state index in [-0.39, 0.29) is 6.10 Å². The van der Waals surface area contributed by atoms with Gasteiger partial charge in [-0.15, -0.1) is 0 Å². The normalized spacial score (nSPS) is 11.1. The molecule has 0 amide bonds.